The molecule has 1 aliphatic heterocycles. The molecular formula is C16H22ClFN2O2. The number of likely N-dealkylation sites (tertiary alicyclic amines) is 1. The summed E-state index contributed by atoms with van der Waals surface area (Å²) in [6, 6.07) is 4.83. The molecule has 0 aromatic heterocycles. The van der Waals surface area contributed by atoms with Gasteiger partial charge in [0, 0.05) is 19.1 Å². The van der Waals surface area contributed by atoms with Gasteiger partial charge in [-0.15, -0.1) is 0 Å². The number of benzene rings is 1. The second kappa shape index (κ2) is 6.73. The van der Waals surface area contributed by atoms with Gasteiger partial charge < -0.3 is 15.0 Å². The minimum atomic E-state index is -0.517. The summed E-state index contributed by atoms with van der Waals surface area (Å²) >= 11 is 5.78. The minimum Gasteiger partial charge on any atom is -0.444 e. The first-order valence-electron chi connectivity index (χ1n) is 7.45. The van der Waals surface area contributed by atoms with Gasteiger partial charge >= 0.3 is 6.09 Å². The third-order valence-corrected chi connectivity index (χ3v) is 3.68. The fourth-order valence-corrected chi connectivity index (χ4v) is 2.60. The number of nitrogens with one attached hydrogen (secondary N) is 1. The molecule has 1 amide bonds. The molecule has 4 nitrogen and oxygen atoms in total. The van der Waals surface area contributed by atoms with E-state index in [1.54, 1.807) is 17.0 Å². The van der Waals surface area contributed by atoms with E-state index < -0.39 is 11.4 Å². The van der Waals surface area contributed by atoms with E-state index in [4.69, 9.17) is 16.3 Å². The van der Waals surface area contributed by atoms with Crippen LogP contribution in [0, 0.1) is 5.82 Å². The van der Waals surface area contributed by atoms with Crippen molar-refractivity contribution in [2.75, 3.05) is 18.4 Å². The first-order valence-corrected chi connectivity index (χ1v) is 7.82. The zero-order valence-corrected chi connectivity index (χ0v) is 13.9. The molecule has 1 fully saturated rings. The number of carbonyl (C=O) groups is 1. The van der Waals surface area contributed by atoms with Gasteiger partial charge in [-0.05, 0) is 45.7 Å². The highest BCUT2D eigenvalue weighted by Gasteiger charge is 2.28. The molecular weight excluding hydrogens is 307 g/mol. The monoisotopic (exact) mass is 328 g/mol. The molecule has 0 saturated carbocycles. The Bertz CT molecular complexity index is 545. The number of halogens is 2. The number of piperidine rings is 1. The fourth-order valence-electron chi connectivity index (χ4n) is 2.42. The molecule has 0 aliphatic carbocycles. The van der Waals surface area contributed by atoms with Crippen LogP contribution in [-0.4, -0.2) is 35.7 Å². The highest BCUT2D eigenvalue weighted by Crippen LogP contribution is 2.24. The van der Waals surface area contributed by atoms with Crippen molar-refractivity contribution in [3.63, 3.8) is 0 Å². The molecule has 22 heavy (non-hydrogen) atoms. The van der Waals surface area contributed by atoms with E-state index in [-0.39, 0.29) is 17.2 Å². The van der Waals surface area contributed by atoms with Crippen molar-refractivity contribution in [1.82, 2.24) is 4.90 Å². The van der Waals surface area contributed by atoms with Crippen LogP contribution in [0.2, 0.25) is 5.02 Å². The lowest BCUT2D eigenvalue weighted by molar-refractivity contribution is 0.0206. The number of carbonyl (C=O) groups excluding carboxylic acids is 1. The number of ether oxygens (including phenoxy) is 1. The highest BCUT2D eigenvalue weighted by atomic mass is 35.5. The van der Waals surface area contributed by atoms with E-state index in [2.05, 4.69) is 5.32 Å². The Hall–Kier alpha value is -1.49. The van der Waals surface area contributed by atoms with Gasteiger partial charge in [-0.2, -0.15) is 0 Å². The quantitative estimate of drug-likeness (QED) is 0.880. The first kappa shape index (κ1) is 16.9. The zero-order chi connectivity index (χ0) is 16.3. The lowest BCUT2D eigenvalue weighted by Crippen LogP contribution is -2.47. The van der Waals surface area contributed by atoms with Crippen molar-refractivity contribution in [1.29, 1.82) is 0 Å². The summed E-state index contributed by atoms with van der Waals surface area (Å²) in [5.74, 6) is -0.460. The van der Waals surface area contributed by atoms with Crippen molar-refractivity contribution in [3.8, 4) is 0 Å². The van der Waals surface area contributed by atoms with Gasteiger partial charge in [0.25, 0.3) is 0 Å². The summed E-state index contributed by atoms with van der Waals surface area (Å²) in [6.45, 7) is 6.66. The van der Waals surface area contributed by atoms with Crippen molar-refractivity contribution in [2.45, 2.75) is 45.3 Å². The third kappa shape index (κ3) is 4.50. The normalized spacial score (nSPS) is 19.0. The van der Waals surface area contributed by atoms with Crippen LogP contribution in [-0.2, 0) is 4.74 Å². The largest absolute Gasteiger partial charge is 0.444 e. The van der Waals surface area contributed by atoms with Crippen LogP contribution in [0.25, 0.3) is 0 Å². The lowest BCUT2D eigenvalue weighted by atomic mass is 10.1. The molecule has 0 radical (unpaired) electrons. The number of nitrogens with zero attached hydrogens (tertiary/aromatic N) is 1. The number of hydrogen-bond acceptors (Lipinski definition) is 3. The molecule has 0 bridgehead atoms. The maximum absolute atomic E-state index is 13.9. The second-order valence-electron chi connectivity index (χ2n) is 6.51. The number of hydrogen-bond donors (Lipinski definition) is 1. The van der Waals surface area contributed by atoms with Crippen LogP contribution in [0.1, 0.15) is 33.6 Å². The van der Waals surface area contributed by atoms with E-state index in [0.29, 0.717) is 18.8 Å². The van der Waals surface area contributed by atoms with Gasteiger partial charge in [0.1, 0.15) is 5.60 Å². The van der Waals surface area contributed by atoms with E-state index in [9.17, 15) is 9.18 Å². The zero-order valence-electron chi connectivity index (χ0n) is 13.2. The summed E-state index contributed by atoms with van der Waals surface area (Å²) in [4.78, 5) is 13.8. The molecule has 1 aliphatic rings. The topological polar surface area (TPSA) is 41.6 Å². The van der Waals surface area contributed by atoms with E-state index >= 15 is 0 Å². The summed E-state index contributed by atoms with van der Waals surface area (Å²) in [5, 5.41) is 3.22. The van der Waals surface area contributed by atoms with E-state index in [1.807, 2.05) is 20.8 Å². The fraction of sp³-hybridized carbons (Fsp3) is 0.562. The Morgan fingerprint density at radius 3 is 2.86 bits per heavy atom. The molecule has 6 heteroatoms. The highest BCUT2D eigenvalue weighted by molar-refractivity contribution is 6.31. The molecule has 1 N–H and O–H groups in total. The Morgan fingerprint density at radius 2 is 2.18 bits per heavy atom. The Labute approximate surface area is 135 Å². The van der Waals surface area contributed by atoms with E-state index in [0.717, 1.165) is 12.8 Å². The summed E-state index contributed by atoms with van der Waals surface area (Å²) < 4.78 is 19.3. The number of anilines is 1. The van der Waals surface area contributed by atoms with Crippen LogP contribution >= 0.6 is 11.6 Å². The summed E-state index contributed by atoms with van der Waals surface area (Å²) in [6.07, 6.45) is 1.38. The molecule has 1 unspecified atom stereocenters. The van der Waals surface area contributed by atoms with Crippen molar-refractivity contribution >= 4 is 23.4 Å². The van der Waals surface area contributed by atoms with Gasteiger partial charge in [0.05, 0.1) is 10.7 Å². The summed E-state index contributed by atoms with van der Waals surface area (Å²) in [5.41, 5.74) is -0.153. The van der Waals surface area contributed by atoms with Crippen LogP contribution in [0.15, 0.2) is 18.2 Å². The van der Waals surface area contributed by atoms with Gasteiger partial charge in [-0.1, -0.05) is 17.7 Å². The Kier molecular flexibility index (Phi) is 5.16. The second-order valence-corrected chi connectivity index (χ2v) is 6.92. The maximum atomic E-state index is 13.9. The van der Waals surface area contributed by atoms with E-state index in [1.165, 1.54) is 6.07 Å². The molecule has 1 heterocycles. The number of rotatable bonds is 2. The van der Waals surface area contributed by atoms with Crippen molar-refractivity contribution < 1.29 is 13.9 Å². The summed E-state index contributed by atoms with van der Waals surface area (Å²) in [7, 11) is 0. The van der Waals surface area contributed by atoms with Crippen molar-refractivity contribution in [2.24, 2.45) is 0 Å². The van der Waals surface area contributed by atoms with Gasteiger partial charge in [0.2, 0.25) is 0 Å². The minimum absolute atomic E-state index is 0.0192. The lowest BCUT2D eigenvalue weighted by Gasteiger charge is -2.34. The predicted molar refractivity (Wildman–Crippen MR) is 85.9 cm³/mol. The van der Waals surface area contributed by atoms with Crippen LogP contribution in [0.4, 0.5) is 14.9 Å². The third-order valence-electron chi connectivity index (χ3n) is 3.38. The molecule has 0 spiro atoms. The molecule has 1 aromatic carbocycles. The average molecular weight is 329 g/mol. The smallest absolute Gasteiger partial charge is 0.410 e. The Morgan fingerprint density at radius 1 is 1.45 bits per heavy atom. The molecule has 1 atom stereocenters. The van der Waals surface area contributed by atoms with Crippen LogP contribution in [0.3, 0.4) is 0 Å². The molecule has 2 rings (SSSR count). The SMILES string of the molecule is CC(C)(C)OC(=O)N1CCCC(Nc2cccc(Cl)c2F)C1. The standard InChI is InChI=1S/C16H22ClFN2O2/c1-16(2,3)22-15(21)20-9-5-6-11(10-20)19-13-8-4-7-12(17)14(13)18/h4,7-8,11,19H,5-6,9-10H2,1-3H3. The number of amides is 1. The van der Waals surface area contributed by atoms with Crippen LogP contribution in [0.5, 0.6) is 0 Å². The van der Waals surface area contributed by atoms with Gasteiger partial charge in [-0.3, -0.25) is 0 Å². The van der Waals surface area contributed by atoms with Gasteiger partial charge in [0.15, 0.2) is 5.82 Å². The van der Waals surface area contributed by atoms with Gasteiger partial charge in [-0.25, -0.2) is 9.18 Å². The molecule has 1 saturated heterocycles. The molecule has 1 aromatic rings. The maximum Gasteiger partial charge on any atom is 0.410 e. The average Bonchev–Trinajstić information content (AvgIpc) is 2.42. The van der Waals surface area contributed by atoms with Crippen LogP contribution < -0.4 is 5.32 Å². The molecule has 122 valence electrons. The Balaban J connectivity index is 1.99. The predicted octanol–water partition coefficient (Wildman–Crippen LogP) is 4.29. The van der Waals surface area contributed by atoms with Crippen molar-refractivity contribution in [3.05, 3.63) is 29.0 Å². The first-order chi connectivity index (χ1) is 10.3.